The monoisotopic (exact) mass is 540 g/mol. The summed E-state index contributed by atoms with van der Waals surface area (Å²) in [6.45, 7) is 1.90. The third-order valence-electron chi connectivity index (χ3n) is 5.52. The number of benzene rings is 2. The van der Waals surface area contributed by atoms with Gasteiger partial charge in [-0.2, -0.15) is 0 Å². The number of carbonyl (C=O) groups excluding carboxylic acids is 1. The van der Waals surface area contributed by atoms with Gasteiger partial charge in [0.05, 0.1) is 15.8 Å². The van der Waals surface area contributed by atoms with Crippen LogP contribution in [0.15, 0.2) is 87.1 Å². The molecule has 1 aliphatic rings. The van der Waals surface area contributed by atoms with Gasteiger partial charge in [-0.05, 0) is 47.7 Å². The Labute approximate surface area is 218 Å². The lowest BCUT2D eigenvalue weighted by Gasteiger charge is -2.23. The fourth-order valence-corrected chi connectivity index (χ4v) is 6.18. The number of esters is 1. The van der Waals surface area contributed by atoms with Crippen LogP contribution in [-0.2, 0) is 16.1 Å². The summed E-state index contributed by atoms with van der Waals surface area (Å²) in [5.41, 5.74) is 2.18. The molecule has 0 bridgehead atoms. The molecule has 0 radical (unpaired) electrons. The van der Waals surface area contributed by atoms with E-state index in [2.05, 4.69) is 4.99 Å². The van der Waals surface area contributed by atoms with Gasteiger partial charge in [0.25, 0.3) is 5.56 Å². The zero-order chi connectivity index (χ0) is 24.5. The van der Waals surface area contributed by atoms with E-state index < -0.39 is 12.0 Å². The molecule has 35 heavy (non-hydrogen) atoms. The molecule has 2 aromatic carbocycles. The Morgan fingerprint density at radius 1 is 1.14 bits per heavy atom. The average Bonchev–Trinajstić information content (AvgIpc) is 3.48. The first kappa shape index (κ1) is 23.8. The van der Waals surface area contributed by atoms with E-state index in [0.29, 0.717) is 36.2 Å². The Bertz CT molecular complexity index is 1620. The van der Waals surface area contributed by atoms with E-state index >= 15 is 0 Å². The van der Waals surface area contributed by atoms with Crippen LogP contribution in [-0.4, -0.2) is 10.5 Å². The smallest absolute Gasteiger partial charge is 0.338 e. The molecule has 4 aromatic rings. The highest BCUT2D eigenvalue weighted by molar-refractivity contribution is 7.10. The van der Waals surface area contributed by atoms with Crippen LogP contribution in [0.3, 0.4) is 0 Å². The summed E-state index contributed by atoms with van der Waals surface area (Å²) in [4.78, 5) is 32.9. The fourth-order valence-electron chi connectivity index (χ4n) is 3.86. The minimum atomic E-state index is -0.627. The number of allylic oxidation sites excluding steroid dienone is 1. The molecular weight excluding hydrogens is 523 g/mol. The average molecular weight is 541 g/mol. The molecule has 0 aliphatic carbocycles. The first-order valence-electron chi connectivity index (χ1n) is 10.6. The van der Waals surface area contributed by atoms with Crippen LogP contribution in [0.2, 0.25) is 10.0 Å². The summed E-state index contributed by atoms with van der Waals surface area (Å²) in [7, 11) is 0. The van der Waals surface area contributed by atoms with E-state index in [4.69, 9.17) is 27.9 Å². The van der Waals surface area contributed by atoms with Gasteiger partial charge in [0.2, 0.25) is 0 Å². The van der Waals surface area contributed by atoms with Crippen molar-refractivity contribution < 1.29 is 9.53 Å². The molecule has 1 aliphatic heterocycles. The molecule has 0 N–H and O–H groups in total. The number of aromatic nitrogens is 1. The van der Waals surface area contributed by atoms with Gasteiger partial charge in [-0.1, -0.05) is 77.0 Å². The van der Waals surface area contributed by atoms with Crippen LogP contribution in [0.5, 0.6) is 0 Å². The van der Waals surface area contributed by atoms with Crippen molar-refractivity contribution in [3.63, 3.8) is 0 Å². The Morgan fingerprint density at radius 2 is 1.94 bits per heavy atom. The number of ether oxygens (including phenoxy) is 1. The summed E-state index contributed by atoms with van der Waals surface area (Å²) in [6, 6.07) is 17.7. The molecule has 0 spiro atoms. The Hall–Kier alpha value is -2.97. The second-order valence-corrected chi connectivity index (χ2v) is 10.7. The SMILES string of the molecule is CC1=C(C(=O)OCc2ccccc2)[C@@H](c2cccs2)n2c(s/c(=C\c3ccc(Cl)cc3Cl)c2=O)=N1. The maximum absolute atomic E-state index is 13.6. The standard InChI is InChI=1S/C26H18Cl2N2O3S2/c1-15-22(25(32)33-14-16-6-3-2-4-7-16)23(20-8-5-11-34-20)30-24(31)21(35-26(30)29-15)12-17-9-10-18(27)13-19(17)28/h2-13,23H,14H2,1H3/b21-12-/t23-/m1/s1. The molecule has 5 nitrogen and oxygen atoms in total. The molecule has 5 rings (SSSR count). The van der Waals surface area contributed by atoms with E-state index in [0.717, 1.165) is 10.4 Å². The summed E-state index contributed by atoms with van der Waals surface area (Å²) >= 11 is 15.1. The van der Waals surface area contributed by atoms with Crippen molar-refractivity contribution >= 4 is 57.9 Å². The lowest BCUT2D eigenvalue weighted by Crippen LogP contribution is -2.39. The van der Waals surface area contributed by atoms with E-state index in [-0.39, 0.29) is 12.2 Å². The molecule has 0 unspecified atom stereocenters. The number of carbonyl (C=O) groups is 1. The second kappa shape index (κ2) is 9.95. The summed E-state index contributed by atoms with van der Waals surface area (Å²) in [5.74, 6) is -0.497. The molecule has 0 saturated heterocycles. The third kappa shape index (κ3) is 4.77. The lowest BCUT2D eigenvalue weighted by molar-refractivity contribution is -0.140. The molecule has 1 atom stereocenters. The number of rotatable bonds is 5. The largest absolute Gasteiger partial charge is 0.457 e. The van der Waals surface area contributed by atoms with Crippen molar-refractivity contribution in [2.75, 3.05) is 0 Å². The molecule has 0 fully saturated rings. The number of halogens is 2. The minimum absolute atomic E-state index is 0.132. The summed E-state index contributed by atoms with van der Waals surface area (Å²) < 4.78 is 7.68. The van der Waals surface area contributed by atoms with Gasteiger partial charge < -0.3 is 4.74 Å². The minimum Gasteiger partial charge on any atom is -0.457 e. The first-order chi connectivity index (χ1) is 16.9. The zero-order valence-electron chi connectivity index (χ0n) is 18.4. The molecule has 9 heteroatoms. The van der Waals surface area contributed by atoms with Crippen LogP contribution in [0.4, 0.5) is 0 Å². The van der Waals surface area contributed by atoms with Gasteiger partial charge >= 0.3 is 5.97 Å². The Morgan fingerprint density at radius 3 is 2.66 bits per heavy atom. The maximum Gasteiger partial charge on any atom is 0.338 e. The van der Waals surface area contributed by atoms with Gasteiger partial charge in [0.1, 0.15) is 12.6 Å². The Kier molecular flexibility index (Phi) is 6.75. The van der Waals surface area contributed by atoms with E-state index in [1.54, 1.807) is 35.8 Å². The summed E-state index contributed by atoms with van der Waals surface area (Å²) in [6.07, 6.45) is 1.72. The van der Waals surface area contributed by atoms with Crippen LogP contribution in [0, 0.1) is 0 Å². The maximum atomic E-state index is 13.6. The normalized spacial score (nSPS) is 15.6. The highest BCUT2D eigenvalue weighted by atomic mass is 35.5. The topological polar surface area (TPSA) is 60.7 Å². The molecule has 0 saturated carbocycles. The number of thiophene rings is 1. The highest BCUT2D eigenvalue weighted by Gasteiger charge is 2.34. The van der Waals surface area contributed by atoms with E-state index in [9.17, 15) is 9.59 Å². The van der Waals surface area contributed by atoms with Crippen LogP contribution in [0.1, 0.15) is 29.0 Å². The number of nitrogens with zero attached hydrogens (tertiary/aromatic N) is 2. The number of hydrogen-bond donors (Lipinski definition) is 0. The number of hydrogen-bond acceptors (Lipinski definition) is 6. The quantitative estimate of drug-likeness (QED) is 0.320. The lowest BCUT2D eigenvalue weighted by atomic mass is 10.0. The number of fused-ring (bicyclic) bond motifs is 1. The van der Waals surface area contributed by atoms with Crippen molar-refractivity contribution in [1.29, 1.82) is 0 Å². The van der Waals surface area contributed by atoms with E-state index in [1.807, 2.05) is 47.8 Å². The van der Waals surface area contributed by atoms with Gasteiger partial charge in [-0.25, -0.2) is 9.79 Å². The Balaban J connectivity index is 1.59. The van der Waals surface area contributed by atoms with Crippen LogP contribution >= 0.6 is 45.9 Å². The predicted molar refractivity (Wildman–Crippen MR) is 141 cm³/mol. The van der Waals surface area contributed by atoms with Crippen molar-refractivity contribution in [1.82, 2.24) is 4.57 Å². The van der Waals surface area contributed by atoms with Gasteiger partial charge in [-0.15, -0.1) is 11.3 Å². The van der Waals surface area contributed by atoms with Crippen molar-refractivity contribution in [2.24, 2.45) is 4.99 Å². The molecule has 2 aromatic heterocycles. The van der Waals surface area contributed by atoms with Gasteiger partial charge in [0, 0.05) is 14.9 Å². The molecule has 176 valence electrons. The predicted octanol–water partition coefficient (Wildman–Crippen LogP) is 5.35. The molecule has 3 heterocycles. The molecule has 0 amide bonds. The van der Waals surface area contributed by atoms with Crippen LogP contribution in [0.25, 0.3) is 6.08 Å². The highest BCUT2D eigenvalue weighted by Crippen LogP contribution is 2.33. The molecular formula is C26H18Cl2N2O3S2. The third-order valence-corrected chi connectivity index (χ3v) is 7.99. The van der Waals surface area contributed by atoms with Crippen molar-refractivity contribution in [3.8, 4) is 0 Å². The zero-order valence-corrected chi connectivity index (χ0v) is 21.5. The van der Waals surface area contributed by atoms with Gasteiger partial charge in [0.15, 0.2) is 4.80 Å². The van der Waals surface area contributed by atoms with Crippen molar-refractivity contribution in [3.05, 3.63) is 123 Å². The number of thiazole rings is 1. The van der Waals surface area contributed by atoms with Gasteiger partial charge in [-0.3, -0.25) is 9.36 Å². The fraction of sp³-hybridized carbons (Fsp3) is 0.115. The summed E-state index contributed by atoms with van der Waals surface area (Å²) in [5, 5.41) is 2.88. The van der Waals surface area contributed by atoms with Crippen LogP contribution < -0.4 is 14.9 Å². The van der Waals surface area contributed by atoms with E-state index in [1.165, 1.54) is 22.7 Å². The first-order valence-corrected chi connectivity index (χ1v) is 13.1. The second-order valence-electron chi connectivity index (χ2n) is 7.82. The van der Waals surface area contributed by atoms with Crippen molar-refractivity contribution in [2.45, 2.75) is 19.6 Å².